The Labute approximate surface area is 203 Å². The molecule has 0 bridgehead atoms. The minimum Gasteiger partial charge on any atom is -0.475 e. The van der Waals surface area contributed by atoms with Crippen molar-refractivity contribution in [1.29, 1.82) is 0 Å². The van der Waals surface area contributed by atoms with Gasteiger partial charge in [-0.25, -0.2) is 9.59 Å². The Kier molecular flexibility index (Phi) is 6.64. The van der Waals surface area contributed by atoms with Gasteiger partial charge in [-0.05, 0) is 48.2 Å². The minimum absolute atomic E-state index is 0.0280. The molecule has 2 aromatic carbocycles. The first-order valence-electron chi connectivity index (χ1n) is 11.3. The molecule has 8 heteroatoms. The van der Waals surface area contributed by atoms with Crippen LogP contribution in [0.25, 0.3) is 11.1 Å². The van der Waals surface area contributed by atoms with Gasteiger partial charge in [0.05, 0.1) is 6.54 Å². The van der Waals surface area contributed by atoms with Gasteiger partial charge < -0.3 is 24.5 Å². The van der Waals surface area contributed by atoms with Gasteiger partial charge in [-0.15, -0.1) is 0 Å². The van der Waals surface area contributed by atoms with Gasteiger partial charge in [-0.3, -0.25) is 4.79 Å². The molecule has 1 aliphatic carbocycles. The monoisotopic (exact) mass is 476 g/mol. The molecule has 0 saturated heterocycles. The summed E-state index contributed by atoms with van der Waals surface area (Å²) >= 11 is 0. The molecule has 4 rings (SSSR count). The predicted octanol–water partition coefficient (Wildman–Crippen LogP) is 4.64. The summed E-state index contributed by atoms with van der Waals surface area (Å²) in [6.07, 6.45) is -0.565. The van der Waals surface area contributed by atoms with Crippen LogP contribution in [0.5, 0.6) is 0 Å². The molecule has 0 spiro atoms. The molecule has 2 amide bonds. The zero-order chi connectivity index (χ0) is 25.2. The summed E-state index contributed by atoms with van der Waals surface area (Å²) in [5.74, 6) is -1.27. The predicted molar refractivity (Wildman–Crippen MR) is 129 cm³/mol. The van der Waals surface area contributed by atoms with E-state index in [0.29, 0.717) is 5.76 Å². The highest BCUT2D eigenvalue weighted by atomic mass is 16.5. The quantitative estimate of drug-likeness (QED) is 0.490. The van der Waals surface area contributed by atoms with Crippen LogP contribution in [0, 0.1) is 0 Å². The number of amides is 2. The summed E-state index contributed by atoms with van der Waals surface area (Å²) in [5.41, 5.74) is 3.70. The first-order valence-corrected chi connectivity index (χ1v) is 11.3. The van der Waals surface area contributed by atoms with Crippen LogP contribution in [0.4, 0.5) is 4.79 Å². The van der Waals surface area contributed by atoms with Gasteiger partial charge in [0, 0.05) is 24.9 Å². The maximum absolute atomic E-state index is 12.7. The number of alkyl carbamates (subject to hydrolysis) is 1. The highest BCUT2D eigenvalue weighted by molar-refractivity contribution is 5.84. The van der Waals surface area contributed by atoms with Gasteiger partial charge in [-0.2, -0.15) is 0 Å². The molecule has 0 radical (unpaired) electrons. The third kappa shape index (κ3) is 5.37. The number of furan rings is 1. The molecule has 1 aromatic heterocycles. The lowest BCUT2D eigenvalue weighted by Crippen LogP contribution is -2.47. The van der Waals surface area contributed by atoms with Crippen LogP contribution in [0.2, 0.25) is 0 Å². The van der Waals surface area contributed by atoms with Crippen LogP contribution in [-0.2, 0) is 16.1 Å². The molecule has 0 atom stereocenters. The average molecular weight is 477 g/mol. The fourth-order valence-corrected chi connectivity index (χ4v) is 4.37. The SMILES string of the molecule is CN(Cc1ccc(C(=O)O)o1)C(=O)CC(C)(C)NC(=O)OCC1c2ccccc2-c2ccccc21. The number of nitrogens with one attached hydrogen (secondary N) is 1. The number of ether oxygens (including phenoxy) is 1. The smallest absolute Gasteiger partial charge is 0.407 e. The maximum atomic E-state index is 12.7. The summed E-state index contributed by atoms with van der Waals surface area (Å²) in [5, 5.41) is 11.7. The number of rotatable bonds is 8. The second-order valence-electron chi connectivity index (χ2n) is 9.33. The molecule has 0 aliphatic heterocycles. The molecule has 0 fully saturated rings. The first-order chi connectivity index (χ1) is 16.6. The third-order valence-corrected chi connectivity index (χ3v) is 6.07. The number of carboxylic acids is 1. The van der Waals surface area contributed by atoms with Gasteiger partial charge in [0.2, 0.25) is 11.7 Å². The van der Waals surface area contributed by atoms with Crippen LogP contribution in [0.15, 0.2) is 65.1 Å². The Balaban J connectivity index is 1.32. The lowest BCUT2D eigenvalue weighted by molar-refractivity contribution is -0.131. The molecular weight excluding hydrogens is 448 g/mol. The van der Waals surface area contributed by atoms with E-state index in [1.165, 1.54) is 17.0 Å². The molecule has 1 heterocycles. The molecule has 182 valence electrons. The minimum atomic E-state index is -1.17. The van der Waals surface area contributed by atoms with Crippen molar-refractivity contribution in [3.8, 4) is 11.1 Å². The number of hydrogen-bond donors (Lipinski definition) is 2. The van der Waals surface area contributed by atoms with E-state index in [9.17, 15) is 14.4 Å². The highest BCUT2D eigenvalue weighted by Gasteiger charge is 2.31. The van der Waals surface area contributed by atoms with Gasteiger partial charge in [-0.1, -0.05) is 48.5 Å². The number of fused-ring (bicyclic) bond motifs is 3. The normalized spacial score (nSPS) is 12.5. The van der Waals surface area contributed by atoms with E-state index in [0.717, 1.165) is 22.3 Å². The average Bonchev–Trinajstić information content (AvgIpc) is 3.40. The molecular formula is C27H28N2O6. The molecule has 8 nitrogen and oxygen atoms in total. The van der Waals surface area contributed by atoms with E-state index < -0.39 is 17.6 Å². The van der Waals surface area contributed by atoms with Crippen LogP contribution >= 0.6 is 0 Å². The Bertz CT molecular complexity index is 1220. The first kappa shape index (κ1) is 24.1. The van der Waals surface area contributed by atoms with Crippen LogP contribution in [0.1, 0.15) is 53.6 Å². The largest absolute Gasteiger partial charge is 0.475 e. The van der Waals surface area contributed by atoms with E-state index in [2.05, 4.69) is 29.6 Å². The topological polar surface area (TPSA) is 109 Å². The van der Waals surface area contributed by atoms with E-state index in [1.807, 2.05) is 24.3 Å². The Hall–Kier alpha value is -4.07. The Morgan fingerprint density at radius 2 is 1.60 bits per heavy atom. The number of carbonyl (C=O) groups is 3. The number of benzene rings is 2. The van der Waals surface area contributed by atoms with Crippen LogP contribution in [0.3, 0.4) is 0 Å². The molecule has 1 aliphatic rings. The number of nitrogens with zero attached hydrogens (tertiary/aromatic N) is 1. The summed E-state index contributed by atoms with van der Waals surface area (Å²) in [6, 6.07) is 19.1. The van der Waals surface area contributed by atoms with Gasteiger partial charge in [0.25, 0.3) is 0 Å². The summed E-state index contributed by atoms with van der Waals surface area (Å²) in [7, 11) is 1.59. The van der Waals surface area contributed by atoms with E-state index in [4.69, 9.17) is 14.3 Å². The fraction of sp³-hybridized carbons (Fsp3) is 0.296. The highest BCUT2D eigenvalue weighted by Crippen LogP contribution is 2.44. The summed E-state index contributed by atoms with van der Waals surface area (Å²) in [4.78, 5) is 37.7. The van der Waals surface area contributed by atoms with Crippen molar-refractivity contribution in [1.82, 2.24) is 10.2 Å². The second kappa shape index (κ2) is 9.66. The van der Waals surface area contributed by atoms with Gasteiger partial charge in [0.15, 0.2) is 0 Å². The molecule has 35 heavy (non-hydrogen) atoms. The van der Waals surface area contributed by atoms with Crippen molar-refractivity contribution in [3.05, 3.63) is 83.3 Å². The van der Waals surface area contributed by atoms with Crippen LogP contribution in [-0.4, -0.2) is 47.2 Å². The maximum Gasteiger partial charge on any atom is 0.407 e. The fourth-order valence-electron chi connectivity index (χ4n) is 4.37. The van der Waals surface area contributed by atoms with E-state index in [-0.39, 0.29) is 37.2 Å². The zero-order valence-electron chi connectivity index (χ0n) is 19.9. The van der Waals surface area contributed by atoms with Crippen molar-refractivity contribution < 1.29 is 28.6 Å². The van der Waals surface area contributed by atoms with E-state index >= 15 is 0 Å². The molecule has 3 aromatic rings. The third-order valence-electron chi connectivity index (χ3n) is 6.07. The van der Waals surface area contributed by atoms with Gasteiger partial charge >= 0.3 is 12.1 Å². The number of aromatic carboxylic acids is 1. The molecule has 0 unspecified atom stereocenters. The van der Waals surface area contributed by atoms with Crippen molar-refractivity contribution in [2.24, 2.45) is 0 Å². The van der Waals surface area contributed by atoms with Crippen molar-refractivity contribution in [2.45, 2.75) is 38.3 Å². The van der Waals surface area contributed by atoms with E-state index in [1.54, 1.807) is 20.9 Å². The van der Waals surface area contributed by atoms with Crippen molar-refractivity contribution in [2.75, 3.05) is 13.7 Å². The molecule has 2 N–H and O–H groups in total. The second-order valence-corrected chi connectivity index (χ2v) is 9.33. The van der Waals surface area contributed by atoms with Crippen LogP contribution < -0.4 is 5.32 Å². The van der Waals surface area contributed by atoms with Crippen molar-refractivity contribution in [3.63, 3.8) is 0 Å². The number of carboxylic acid groups (broad SMARTS) is 1. The summed E-state index contributed by atoms with van der Waals surface area (Å²) < 4.78 is 10.8. The van der Waals surface area contributed by atoms with Gasteiger partial charge in [0.1, 0.15) is 12.4 Å². The number of hydrogen-bond acceptors (Lipinski definition) is 5. The molecule has 0 saturated carbocycles. The zero-order valence-corrected chi connectivity index (χ0v) is 19.9. The number of carbonyl (C=O) groups excluding carboxylic acids is 2. The van der Waals surface area contributed by atoms with Crippen molar-refractivity contribution >= 4 is 18.0 Å². The standard InChI is InChI=1S/C27H28N2O6/c1-27(2,14-24(30)29(3)15-17-12-13-23(35-17)25(31)32)28-26(33)34-16-22-20-10-6-4-8-18(20)19-9-5-7-11-21(19)22/h4-13,22H,14-16H2,1-3H3,(H,28,33)(H,31,32). The lowest BCUT2D eigenvalue weighted by Gasteiger charge is -2.28. The Morgan fingerprint density at radius 1 is 1.00 bits per heavy atom. The summed E-state index contributed by atoms with van der Waals surface area (Å²) in [6.45, 7) is 3.80. The Morgan fingerprint density at radius 3 is 2.17 bits per heavy atom. The lowest BCUT2D eigenvalue weighted by atomic mass is 9.98.